The average Bonchev–Trinajstić information content (AvgIpc) is 2.35. The van der Waals surface area contributed by atoms with Crippen LogP contribution in [0.4, 0.5) is 0 Å². The first-order chi connectivity index (χ1) is 9.15. The van der Waals surface area contributed by atoms with Crippen molar-refractivity contribution in [2.75, 3.05) is 13.1 Å². The van der Waals surface area contributed by atoms with Crippen LogP contribution in [0.3, 0.4) is 0 Å². The number of aryl methyl sites for hydroxylation is 2. The molecule has 1 saturated heterocycles. The van der Waals surface area contributed by atoms with Gasteiger partial charge in [-0.2, -0.15) is 0 Å². The quantitative estimate of drug-likeness (QED) is 0.879. The minimum absolute atomic E-state index is 0.0362. The van der Waals surface area contributed by atoms with E-state index in [9.17, 15) is 9.59 Å². The van der Waals surface area contributed by atoms with Gasteiger partial charge in [0.05, 0.1) is 5.92 Å². The van der Waals surface area contributed by atoms with Gasteiger partial charge in [0.2, 0.25) is 0 Å². The van der Waals surface area contributed by atoms with Crippen LogP contribution in [0.1, 0.15) is 34.3 Å². The molecule has 4 heteroatoms. The Bertz CT molecular complexity index is 532. The lowest BCUT2D eigenvalue weighted by atomic mass is 9.90. The Labute approximate surface area is 112 Å². The predicted molar refractivity (Wildman–Crippen MR) is 70.1 cm³/mol. The molecule has 2 aliphatic rings. The number of rotatable bonds is 2. The van der Waals surface area contributed by atoms with Crippen molar-refractivity contribution in [3.63, 3.8) is 0 Å². The molecule has 0 bridgehead atoms. The van der Waals surface area contributed by atoms with Gasteiger partial charge in [-0.05, 0) is 48.9 Å². The summed E-state index contributed by atoms with van der Waals surface area (Å²) in [6.45, 7) is 0.677. The van der Waals surface area contributed by atoms with Crippen LogP contribution in [0.5, 0.6) is 0 Å². The molecule has 1 aromatic carbocycles. The fourth-order valence-corrected chi connectivity index (χ4v) is 2.85. The smallest absolute Gasteiger partial charge is 0.310 e. The van der Waals surface area contributed by atoms with Crippen molar-refractivity contribution in [2.24, 2.45) is 5.92 Å². The maximum Gasteiger partial charge on any atom is 0.310 e. The molecule has 0 unspecified atom stereocenters. The second-order valence-corrected chi connectivity index (χ2v) is 5.44. The second kappa shape index (κ2) is 4.68. The molecule has 1 N–H and O–H groups in total. The van der Waals surface area contributed by atoms with Crippen LogP contribution in [0.15, 0.2) is 18.2 Å². The highest BCUT2D eigenvalue weighted by molar-refractivity contribution is 5.96. The van der Waals surface area contributed by atoms with Gasteiger partial charge in [-0.3, -0.25) is 9.59 Å². The summed E-state index contributed by atoms with van der Waals surface area (Å²) < 4.78 is 0. The fraction of sp³-hybridized carbons (Fsp3) is 0.467. The third kappa shape index (κ3) is 2.23. The summed E-state index contributed by atoms with van der Waals surface area (Å²) in [6.07, 6.45) is 4.57. The van der Waals surface area contributed by atoms with E-state index in [-0.39, 0.29) is 11.8 Å². The number of hydrogen-bond acceptors (Lipinski definition) is 2. The third-order valence-electron chi connectivity index (χ3n) is 4.11. The van der Waals surface area contributed by atoms with Gasteiger partial charge < -0.3 is 10.0 Å². The highest BCUT2D eigenvalue weighted by Crippen LogP contribution is 2.24. The molecule has 19 heavy (non-hydrogen) atoms. The van der Waals surface area contributed by atoms with Gasteiger partial charge in [0.1, 0.15) is 0 Å². The number of amides is 1. The van der Waals surface area contributed by atoms with Crippen LogP contribution in [0.2, 0.25) is 0 Å². The van der Waals surface area contributed by atoms with Crippen molar-refractivity contribution in [1.82, 2.24) is 4.90 Å². The van der Waals surface area contributed by atoms with E-state index < -0.39 is 5.97 Å². The van der Waals surface area contributed by atoms with Crippen LogP contribution in [0, 0.1) is 5.92 Å². The van der Waals surface area contributed by atoms with Crippen LogP contribution < -0.4 is 0 Å². The second-order valence-electron chi connectivity index (χ2n) is 5.44. The van der Waals surface area contributed by atoms with Crippen LogP contribution in [-0.4, -0.2) is 35.0 Å². The highest BCUT2D eigenvalue weighted by atomic mass is 16.4. The summed E-state index contributed by atoms with van der Waals surface area (Å²) >= 11 is 0. The Kier molecular flexibility index (Phi) is 3.01. The molecule has 0 radical (unpaired) electrons. The van der Waals surface area contributed by atoms with Gasteiger partial charge in [0.25, 0.3) is 5.91 Å². The molecule has 1 amide bonds. The molecular weight excluding hydrogens is 242 g/mol. The van der Waals surface area contributed by atoms with Crippen molar-refractivity contribution < 1.29 is 14.7 Å². The van der Waals surface area contributed by atoms with Gasteiger partial charge >= 0.3 is 5.97 Å². The zero-order valence-corrected chi connectivity index (χ0v) is 10.8. The predicted octanol–water partition coefficient (Wildman–Crippen LogP) is 1.72. The monoisotopic (exact) mass is 259 g/mol. The molecule has 0 spiro atoms. The number of carbonyl (C=O) groups is 2. The fourth-order valence-electron chi connectivity index (χ4n) is 2.85. The number of likely N-dealkylation sites (tertiary alicyclic amines) is 1. The summed E-state index contributed by atoms with van der Waals surface area (Å²) in [7, 11) is 0. The Balaban J connectivity index is 1.72. The number of carboxylic acids is 1. The van der Waals surface area contributed by atoms with Crippen LogP contribution in [-0.2, 0) is 17.6 Å². The molecular formula is C15H17NO3. The normalized spacial score (nSPS) is 18.6. The zero-order valence-electron chi connectivity index (χ0n) is 10.8. The highest BCUT2D eigenvalue weighted by Gasteiger charge is 2.36. The van der Waals surface area contributed by atoms with Gasteiger partial charge in [-0.25, -0.2) is 0 Å². The van der Waals surface area contributed by atoms with Crippen molar-refractivity contribution in [2.45, 2.75) is 25.7 Å². The van der Waals surface area contributed by atoms with Crippen molar-refractivity contribution in [3.8, 4) is 0 Å². The van der Waals surface area contributed by atoms with E-state index in [2.05, 4.69) is 6.07 Å². The number of carboxylic acid groups (broad SMARTS) is 1. The first kappa shape index (κ1) is 12.2. The van der Waals surface area contributed by atoms with Crippen molar-refractivity contribution >= 4 is 11.9 Å². The molecule has 0 aromatic heterocycles. The summed E-state index contributed by atoms with van der Waals surface area (Å²) in [5.74, 6) is -1.23. The Morgan fingerprint density at radius 1 is 1.11 bits per heavy atom. The standard InChI is InChI=1S/C15H17NO3/c17-14(16-8-13(9-16)15(18)19)12-6-5-10-3-1-2-4-11(10)7-12/h5-7,13H,1-4,8-9H2,(H,18,19). The van der Waals surface area contributed by atoms with E-state index in [4.69, 9.17) is 5.11 Å². The van der Waals surface area contributed by atoms with E-state index in [1.807, 2.05) is 12.1 Å². The number of fused-ring (bicyclic) bond motifs is 1. The first-order valence-electron chi connectivity index (χ1n) is 6.79. The number of hydrogen-bond donors (Lipinski definition) is 1. The molecule has 1 fully saturated rings. The van der Waals surface area contributed by atoms with Gasteiger partial charge in [-0.15, -0.1) is 0 Å². The summed E-state index contributed by atoms with van der Waals surface area (Å²) in [5, 5.41) is 8.82. The van der Waals surface area contributed by atoms with E-state index in [0.29, 0.717) is 18.7 Å². The Hall–Kier alpha value is -1.84. The molecule has 4 nitrogen and oxygen atoms in total. The third-order valence-corrected chi connectivity index (χ3v) is 4.11. The minimum Gasteiger partial charge on any atom is -0.481 e. The molecule has 100 valence electrons. The molecule has 0 atom stereocenters. The molecule has 1 heterocycles. The van der Waals surface area contributed by atoms with E-state index >= 15 is 0 Å². The topological polar surface area (TPSA) is 57.6 Å². The number of carbonyl (C=O) groups excluding carboxylic acids is 1. The molecule has 3 rings (SSSR count). The number of aliphatic carboxylic acids is 1. The lowest BCUT2D eigenvalue weighted by Gasteiger charge is -2.36. The van der Waals surface area contributed by atoms with Crippen molar-refractivity contribution in [3.05, 3.63) is 34.9 Å². The van der Waals surface area contributed by atoms with Gasteiger partial charge in [-0.1, -0.05) is 6.07 Å². The molecule has 0 saturated carbocycles. The number of benzene rings is 1. The van der Waals surface area contributed by atoms with E-state index in [1.54, 1.807) is 4.90 Å². The van der Waals surface area contributed by atoms with Gasteiger partial charge in [0, 0.05) is 18.7 Å². The minimum atomic E-state index is -0.811. The van der Waals surface area contributed by atoms with Crippen molar-refractivity contribution in [1.29, 1.82) is 0 Å². The largest absolute Gasteiger partial charge is 0.481 e. The lowest BCUT2D eigenvalue weighted by Crippen LogP contribution is -2.53. The SMILES string of the molecule is O=C(O)C1CN(C(=O)c2ccc3c(c2)CCCC3)C1. The van der Waals surface area contributed by atoms with E-state index in [0.717, 1.165) is 12.8 Å². The lowest BCUT2D eigenvalue weighted by molar-refractivity contribution is -0.146. The summed E-state index contributed by atoms with van der Waals surface area (Å²) in [6, 6.07) is 5.92. The molecule has 1 aliphatic heterocycles. The maximum absolute atomic E-state index is 12.2. The first-order valence-corrected chi connectivity index (χ1v) is 6.79. The summed E-state index contributed by atoms with van der Waals surface area (Å²) in [5.41, 5.74) is 3.34. The maximum atomic E-state index is 12.2. The summed E-state index contributed by atoms with van der Waals surface area (Å²) in [4.78, 5) is 24.6. The molecule has 1 aliphatic carbocycles. The Morgan fingerprint density at radius 2 is 1.79 bits per heavy atom. The average molecular weight is 259 g/mol. The zero-order chi connectivity index (χ0) is 13.4. The van der Waals surface area contributed by atoms with Gasteiger partial charge in [0.15, 0.2) is 0 Å². The molecule has 1 aromatic rings. The Morgan fingerprint density at radius 3 is 2.47 bits per heavy atom. The van der Waals surface area contributed by atoms with Crippen LogP contribution >= 0.6 is 0 Å². The van der Waals surface area contributed by atoms with Crippen LogP contribution in [0.25, 0.3) is 0 Å². The van der Waals surface area contributed by atoms with E-state index in [1.165, 1.54) is 24.0 Å². The number of nitrogens with zero attached hydrogens (tertiary/aromatic N) is 1.